The van der Waals surface area contributed by atoms with Crippen LogP contribution in [0.1, 0.15) is 25.0 Å². The first-order valence-electron chi connectivity index (χ1n) is 5.05. The number of benzene rings is 1. The molecule has 1 aromatic carbocycles. The van der Waals surface area contributed by atoms with E-state index in [0.29, 0.717) is 6.42 Å². The zero-order valence-corrected chi connectivity index (χ0v) is 8.83. The normalized spacial score (nSPS) is 15.1. The van der Waals surface area contributed by atoms with Crippen LogP contribution in [-0.2, 0) is 12.8 Å². The van der Waals surface area contributed by atoms with Crippen molar-refractivity contribution in [1.29, 1.82) is 0 Å². The van der Waals surface area contributed by atoms with E-state index >= 15 is 0 Å². The Morgan fingerprint density at radius 1 is 1.21 bits per heavy atom. The Hall–Kier alpha value is -0.890. The summed E-state index contributed by atoms with van der Waals surface area (Å²) in [6.07, 6.45) is 0.571. The lowest BCUT2D eigenvalue weighted by Crippen LogP contribution is -2.17. The third-order valence-electron chi connectivity index (χ3n) is 2.07. The Labute approximate surface area is 85.1 Å². The molecule has 0 fully saturated rings. The third-order valence-corrected chi connectivity index (χ3v) is 2.07. The predicted molar refractivity (Wildman–Crippen MR) is 58.1 cm³/mol. The number of rotatable bonds is 4. The van der Waals surface area contributed by atoms with Gasteiger partial charge in [0.1, 0.15) is 6.17 Å². The summed E-state index contributed by atoms with van der Waals surface area (Å²) < 4.78 is 12.8. The summed E-state index contributed by atoms with van der Waals surface area (Å²) in [5.41, 5.74) is 7.95. The second kappa shape index (κ2) is 5.11. The first-order chi connectivity index (χ1) is 6.58. The van der Waals surface area contributed by atoms with Crippen LogP contribution in [0.2, 0.25) is 0 Å². The van der Waals surface area contributed by atoms with E-state index in [4.69, 9.17) is 5.73 Å². The lowest BCUT2D eigenvalue weighted by molar-refractivity contribution is 0.360. The van der Waals surface area contributed by atoms with E-state index in [1.807, 2.05) is 31.2 Å². The first-order valence-corrected chi connectivity index (χ1v) is 5.05. The van der Waals surface area contributed by atoms with Gasteiger partial charge < -0.3 is 5.73 Å². The molecule has 2 heteroatoms. The van der Waals surface area contributed by atoms with Crippen LogP contribution in [0.3, 0.4) is 0 Å². The lowest BCUT2D eigenvalue weighted by atomic mass is 10.0. The van der Waals surface area contributed by atoms with E-state index in [1.54, 1.807) is 6.92 Å². The average molecular weight is 195 g/mol. The molecule has 0 aliphatic heterocycles. The van der Waals surface area contributed by atoms with Crippen molar-refractivity contribution in [2.45, 2.75) is 38.9 Å². The molecule has 0 saturated carbocycles. The Kier molecular flexibility index (Phi) is 4.08. The molecule has 0 radical (unpaired) electrons. The van der Waals surface area contributed by atoms with Gasteiger partial charge >= 0.3 is 0 Å². The van der Waals surface area contributed by atoms with Gasteiger partial charge in [0.25, 0.3) is 0 Å². The third kappa shape index (κ3) is 3.88. The highest BCUT2D eigenvalue weighted by Crippen LogP contribution is 2.10. The summed E-state index contributed by atoms with van der Waals surface area (Å²) in [7, 11) is 0. The molecular weight excluding hydrogens is 177 g/mol. The molecule has 1 rings (SSSR count). The molecule has 0 saturated heterocycles. The molecule has 0 bridgehead atoms. The fourth-order valence-corrected chi connectivity index (χ4v) is 1.58. The number of alkyl halides is 1. The van der Waals surface area contributed by atoms with Crippen LogP contribution in [0.5, 0.6) is 0 Å². The van der Waals surface area contributed by atoms with Crippen molar-refractivity contribution >= 4 is 0 Å². The summed E-state index contributed by atoms with van der Waals surface area (Å²) >= 11 is 0. The molecule has 0 amide bonds. The van der Waals surface area contributed by atoms with Crippen molar-refractivity contribution < 1.29 is 4.39 Å². The first kappa shape index (κ1) is 11.2. The van der Waals surface area contributed by atoms with Crippen LogP contribution < -0.4 is 5.73 Å². The molecule has 14 heavy (non-hydrogen) atoms. The molecule has 0 aliphatic rings. The van der Waals surface area contributed by atoms with Crippen LogP contribution in [0.15, 0.2) is 24.3 Å². The van der Waals surface area contributed by atoms with Gasteiger partial charge in [-0.25, -0.2) is 4.39 Å². The molecule has 78 valence electrons. The Balaban J connectivity index is 2.68. The summed E-state index contributed by atoms with van der Waals surface area (Å²) in [6.45, 7) is 3.56. The molecule has 1 aromatic rings. The van der Waals surface area contributed by atoms with Crippen molar-refractivity contribution in [3.63, 3.8) is 0 Å². The zero-order chi connectivity index (χ0) is 10.6. The highest BCUT2D eigenvalue weighted by Gasteiger charge is 2.02. The predicted octanol–water partition coefficient (Wildman–Crippen LogP) is 2.48. The summed E-state index contributed by atoms with van der Waals surface area (Å²) in [6, 6.07) is 8.17. The van der Waals surface area contributed by atoms with Crippen molar-refractivity contribution in [2.24, 2.45) is 5.73 Å². The van der Waals surface area contributed by atoms with E-state index in [1.165, 1.54) is 5.56 Å². The topological polar surface area (TPSA) is 26.0 Å². The van der Waals surface area contributed by atoms with Gasteiger partial charge in [0.15, 0.2) is 0 Å². The van der Waals surface area contributed by atoms with Crippen LogP contribution in [0, 0.1) is 0 Å². The largest absolute Gasteiger partial charge is 0.328 e. The van der Waals surface area contributed by atoms with Crippen molar-refractivity contribution in [3.05, 3.63) is 35.4 Å². The number of hydrogen-bond acceptors (Lipinski definition) is 1. The maximum absolute atomic E-state index is 12.8. The smallest absolute Gasteiger partial charge is 0.101 e. The summed E-state index contributed by atoms with van der Waals surface area (Å²) in [4.78, 5) is 0. The average Bonchev–Trinajstić information content (AvgIpc) is 2.01. The Bertz CT molecular complexity index is 256. The van der Waals surface area contributed by atoms with Gasteiger partial charge in [0.05, 0.1) is 0 Å². The quantitative estimate of drug-likeness (QED) is 0.784. The van der Waals surface area contributed by atoms with Crippen LogP contribution in [0.25, 0.3) is 0 Å². The SMILES string of the molecule is CC(N)Cc1cccc(CC(C)F)c1. The van der Waals surface area contributed by atoms with Gasteiger partial charge in [-0.05, 0) is 31.4 Å². The molecule has 2 unspecified atom stereocenters. The molecule has 0 spiro atoms. The van der Waals surface area contributed by atoms with E-state index in [0.717, 1.165) is 12.0 Å². The van der Waals surface area contributed by atoms with Gasteiger partial charge in [-0.2, -0.15) is 0 Å². The minimum absolute atomic E-state index is 0.160. The summed E-state index contributed by atoms with van der Waals surface area (Å²) in [5.74, 6) is 0. The number of nitrogens with two attached hydrogens (primary N) is 1. The fraction of sp³-hybridized carbons (Fsp3) is 0.500. The van der Waals surface area contributed by atoms with Gasteiger partial charge in [-0.15, -0.1) is 0 Å². The maximum Gasteiger partial charge on any atom is 0.101 e. The zero-order valence-electron chi connectivity index (χ0n) is 8.83. The minimum atomic E-state index is -0.777. The van der Waals surface area contributed by atoms with Gasteiger partial charge in [0.2, 0.25) is 0 Å². The summed E-state index contributed by atoms with van der Waals surface area (Å²) in [5, 5.41) is 0. The highest BCUT2D eigenvalue weighted by atomic mass is 19.1. The van der Waals surface area contributed by atoms with Gasteiger partial charge in [-0.3, -0.25) is 0 Å². The molecule has 1 nitrogen and oxygen atoms in total. The standard InChI is InChI=1S/C12H18FN/c1-9(13)6-11-4-3-5-12(8-11)7-10(2)14/h3-5,8-10H,6-7,14H2,1-2H3. The fourth-order valence-electron chi connectivity index (χ4n) is 1.58. The Morgan fingerprint density at radius 2 is 1.79 bits per heavy atom. The second-order valence-corrected chi connectivity index (χ2v) is 3.99. The number of hydrogen-bond donors (Lipinski definition) is 1. The highest BCUT2D eigenvalue weighted by molar-refractivity contribution is 5.24. The molecule has 0 aliphatic carbocycles. The van der Waals surface area contributed by atoms with Gasteiger partial charge in [-0.1, -0.05) is 24.3 Å². The molecule has 2 atom stereocenters. The van der Waals surface area contributed by atoms with E-state index < -0.39 is 6.17 Å². The van der Waals surface area contributed by atoms with Gasteiger partial charge in [0, 0.05) is 12.5 Å². The van der Waals surface area contributed by atoms with Crippen LogP contribution >= 0.6 is 0 Å². The monoisotopic (exact) mass is 195 g/mol. The second-order valence-electron chi connectivity index (χ2n) is 3.99. The number of halogens is 1. The molecule has 0 aromatic heterocycles. The molecular formula is C12H18FN. The Morgan fingerprint density at radius 3 is 2.29 bits per heavy atom. The van der Waals surface area contributed by atoms with Crippen LogP contribution in [0.4, 0.5) is 4.39 Å². The van der Waals surface area contributed by atoms with E-state index in [-0.39, 0.29) is 6.04 Å². The van der Waals surface area contributed by atoms with Crippen LogP contribution in [-0.4, -0.2) is 12.2 Å². The maximum atomic E-state index is 12.8. The van der Waals surface area contributed by atoms with Crippen molar-refractivity contribution in [3.8, 4) is 0 Å². The van der Waals surface area contributed by atoms with E-state index in [9.17, 15) is 4.39 Å². The molecule has 0 heterocycles. The van der Waals surface area contributed by atoms with E-state index in [2.05, 4.69) is 0 Å². The minimum Gasteiger partial charge on any atom is -0.328 e. The van der Waals surface area contributed by atoms with Crippen molar-refractivity contribution in [2.75, 3.05) is 0 Å². The lowest BCUT2D eigenvalue weighted by Gasteiger charge is -2.08. The molecule has 2 N–H and O–H groups in total. The van der Waals surface area contributed by atoms with Crippen molar-refractivity contribution in [1.82, 2.24) is 0 Å².